The number of nitrogens with zero attached hydrogens (tertiary/aromatic N) is 6. The third-order valence-electron chi connectivity index (χ3n) is 7.73. The molecule has 1 aliphatic rings. The van der Waals surface area contributed by atoms with E-state index in [1.54, 1.807) is 44.8 Å². The molecule has 0 aliphatic carbocycles. The topological polar surface area (TPSA) is 90.9 Å². The van der Waals surface area contributed by atoms with Gasteiger partial charge >= 0.3 is 0 Å². The van der Waals surface area contributed by atoms with E-state index in [9.17, 15) is 9.50 Å². The van der Waals surface area contributed by atoms with Gasteiger partial charge in [0.1, 0.15) is 11.6 Å². The van der Waals surface area contributed by atoms with Crippen molar-refractivity contribution >= 4 is 21.9 Å². The van der Waals surface area contributed by atoms with E-state index in [0.29, 0.717) is 52.3 Å². The highest BCUT2D eigenvalue weighted by Crippen LogP contribution is 2.42. The molecule has 1 aromatic carbocycles. The summed E-state index contributed by atoms with van der Waals surface area (Å²) in [7, 11) is 1.74. The predicted molar refractivity (Wildman–Crippen MR) is 143 cm³/mol. The average molecular weight is 533 g/mol. The van der Waals surface area contributed by atoms with Gasteiger partial charge in [0, 0.05) is 43.0 Å². The number of aliphatic hydroxyl groups is 1. The first-order valence-electron chi connectivity index (χ1n) is 13.1. The van der Waals surface area contributed by atoms with Crippen LogP contribution in [0.5, 0.6) is 0 Å². The van der Waals surface area contributed by atoms with Gasteiger partial charge in [-0.25, -0.2) is 13.5 Å². The van der Waals surface area contributed by atoms with Crippen LogP contribution in [-0.2, 0) is 17.4 Å². The van der Waals surface area contributed by atoms with E-state index in [2.05, 4.69) is 19.9 Å². The highest BCUT2D eigenvalue weighted by atomic mass is 19.1. The van der Waals surface area contributed by atoms with E-state index in [0.717, 1.165) is 23.9 Å². The van der Waals surface area contributed by atoms with Crippen molar-refractivity contribution < 1.29 is 18.6 Å². The van der Waals surface area contributed by atoms with Crippen LogP contribution >= 0.6 is 0 Å². The zero-order valence-corrected chi connectivity index (χ0v) is 22.3. The SMILES string of the molecule is Cc1nnn(C)c1-c1cc2c(cc1F)c1ncc(C(C)(C)O)cc1n2[C@H](c1ccc(F)cn1)C1CCOCC1. The summed E-state index contributed by atoms with van der Waals surface area (Å²) in [5.74, 6) is -0.706. The van der Waals surface area contributed by atoms with E-state index >= 15 is 4.39 Å². The summed E-state index contributed by atoms with van der Waals surface area (Å²) < 4.78 is 39.1. The van der Waals surface area contributed by atoms with Gasteiger partial charge in [-0.05, 0) is 69.9 Å². The van der Waals surface area contributed by atoms with Crippen molar-refractivity contribution in [2.45, 2.75) is 45.3 Å². The van der Waals surface area contributed by atoms with Crippen LogP contribution in [-0.4, -0.2) is 47.8 Å². The van der Waals surface area contributed by atoms with E-state index in [1.807, 2.05) is 12.1 Å². The van der Waals surface area contributed by atoms with Crippen molar-refractivity contribution in [3.8, 4) is 11.3 Å². The molecular formula is C29H30F2N6O2. The van der Waals surface area contributed by atoms with Crippen LogP contribution in [0.25, 0.3) is 33.2 Å². The summed E-state index contributed by atoms with van der Waals surface area (Å²) in [4.78, 5) is 9.23. The number of ether oxygens (including phenoxy) is 1. The Balaban J connectivity index is 1.72. The number of pyridine rings is 2. The second-order valence-corrected chi connectivity index (χ2v) is 10.8. The second-order valence-electron chi connectivity index (χ2n) is 10.8. The molecule has 1 N–H and O–H groups in total. The Kier molecular flexibility index (Phi) is 6.19. The molecule has 8 nitrogen and oxygen atoms in total. The van der Waals surface area contributed by atoms with Crippen molar-refractivity contribution in [2.24, 2.45) is 13.0 Å². The van der Waals surface area contributed by atoms with Gasteiger partial charge in [0.15, 0.2) is 0 Å². The number of aryl methyl sites for hydroxylation is 2. The minimum Gasteiger partial charge on any atom is -0.386 e. The molecule has 10 heteroatoms. The fourth-order valence-corrected chi connectivity index (χ4v) is 5.75. The summed E-state index contributed by atoms with van der Waals surface area (Å²) in [6.45, 7) is 6.41. The maximum atomic E-state index is 15.8. The Morgan fingerprint density at radius 1 is 1.05 bits per heavy atom. The molecule has 1 aliphatic heterocycles. The Hall–Kier alpha value is -3.76. The minimum absolute atomic E-state index is 0.120. The van der Waals surface area contributed by atoms with Crippen LogP contribution in [0.3, 0.4) is 0 Å². The Bertz CT molecular complexity index is 1660. The Morgan fingerprint density at radius 2 is 1.82 bits per heavy atom. The van der Waals surface area contributed by atoms with Gasteiger partial charge in [0.25, 0.3) is 0 Å². The predicted octanol–water partition coefficient (Wildman–Crippen LogP) is 5.21. The molecule has 0 amide bonds. The van der Waals surface area contributed by atoms with Crippen LogP contribution < -0.4 is 0 Å². The van der Waals surface area contributed by atoms with E-state index in [1.165, 1.54) is 18.3 Å². The molecule has 5 aromatic rings. The fraction of sp³-hybridized carbons (Fsp3) is 0.379. The molecule has 202 valence electrons. The summed E-state index contributed by atoms with van der Waals surface area (Å²) >= 11 is 0. The Morgan fingerprint density at radius 3 is 2.46 bits per heavy atom. The molecule has 6 rings (SSSR count). The first-order chi connectivity index (χ1) is 18.6. The molecule has 1 saturated heterocycles. The van der Waals surface area contributed by atoms with Gasteiger partial charge in [0.2, 0.25) is 0 Å². The molecule has 1 atom stereocenters. The van der Waals surface area contributed by atoms with Gasteiger partial charge in [0.05, 0.1) is 51.5 Å². The molecule has 0 spiro atoms. The van der Waals surface area contributed by atoms with Crippen LogP contribution in [0.2, 0.25) is 0 Å². The lowest BCUT2D eigenvalue weighted by molar-refractivity contribution is 0.0547. The van der Waals surface area contributed by atoms with E-state index in [-0.39, 0.29) is 12.0 Å². The van der Waals surface area contributed by atoms with Gasteiger partial charge in [-0.2, -0.15) is 0 Å². The van der Waals surface area contributed by atoms with Gasteiger partial charge in [-0.1, -0.05) is 5.21 Å². The normalized spacial score (nSPS) is 15.9. The summed E-state index contributed by atoms with van der Waals surface area (Å²) in [5.41, 5.74) is 3.86. The number of fused-ring (bicyclic) bond motifs is 3. The summed E-state index contributed by atoms with van der Waals surface area (Å²) in [6.07, 6.45) is 4.42. The zero-order chi connectivity index (χ0) is 27.5. The molecule has 5 heterocycles. The standard InChI is InChI=1S/C29H30F2N6O2/c1-16-27(36(4)35-34-16)20-13-24-21(12-22(20)31)26-25(11-18(14-33-26)29(2,3)38)37(24)28(17-7-9-39-10-8-17)23-6-5-19(30)15-32-23/h5-6,11-15,17,28,38H,7-10H2,1-4H3/t28-/m0/s1. The first-order valence-corrected chi connectivity index (χ1v) is 13.1. The number of benzene rings is 1. The van der Waals surface area contributed by atoms with Gasteiger partial charge in [-0.15, -0.1) is 5.10 Å². The van der Waals surface area contributed by atoms with Crippen molar-refractivity contribution in [3.63, 3.8) is 0 Å². The van der Waals surface area contributed by atoms with Gasteiger partial charge in [-0.3, -0.25) is 9.97 Å². The van der Waals surface area contributed by atoms with Crippen molar-refractivity contribution in [1.82, 2.24) is 29.5 Å². The molecule has 0 radical (unpaired) electrons. The zero-order valence-electron chi connectivity index (χ0n) is 22.3. The van der Waals surface area contributed by atoms with Crippen molar-refractivity contribution in [1.29, 1.82) is 0 Å². The maximum Gasteiger partial charge on any atom is 0.141 e. The number of rotatable bonds is 5. The molecular weight excluding hydrogens is 502 g/mol. The van der Waals surface area contributed by atoms with Crippen molar-refractivity contribution in [3.05, 3.63) is 71.3 Å². The number of hydrogen-bond acceptors (Lipinski definition) is 6. The number of hydrogen-bond donors (Lipinski definition) is 1. The maximum absolute atomic E-state index is 15.8. The molecule has 39 heavy (non-hydrogen) atoms. The lowest BCUT2D eigenvalue weighted by Crippen LogP contribution is -2.27. The highest BCUT2D eigenvalue weighted by molar-refractivity contribution is 6.07. The highest BCUT2D eigenvalue weighted by Gasteiger charge is 2.32. The monoisotopic (exact) mass is 532 g/mol. The van der Waals surface area contributed by atoms with E-state index < -0.39 is 17.2 Å². The van der Waals surface area contributed by atoms with Crippen LogP contribution in [0.4, 0.5) is 8.78 Å². The van der Waals surface area contributed by atoms with E-state index in [4.69, 9.17) is 9.72 Å². The Labute approximate surface area is 224 Å². The van der Waals surface area contributed by atoms with Crippen LogP contribution in [0, 0.1) is 24.5 Å². The fourth-order valence-electron chi connectivity index (χ4n) is 5.75. The number of halogens is 2. The minimum atomic E-state index is -1.14. The molecule has 0 saturated carbocycles. The molecule has 0 unspecified atom stereocenters. The average Bonchev–Trinajstić information content (AvgIpc) is 3.40. The van der Waals surface area contributed by atoms with Crippen molar-refractivity contribution in [2.75, 3.05) is 13.2 Å². The smallest absolute Gasteiger partial charge is 0.141 e. The van der Waals surface area contributed by atoms with Crippen LogP contribution in [0.1, 0.15) is 49.7 Å². The second kappa shape index (κ2) is 9.46. The molecule has 4 aromatic heterocycles. The largest absolute Gasteiger partial charge is 0.386 e. The van der Waals surface area contributed by atoms with Gasteiger partial charge < -0.3 is 14.4 Å². The third kappa shape index (κ3) is 4.37. The molecule has 0 bridgehead atoms. The molecule has 1 fully saturated rings. The number of aromatic nitrogens is 6. The summed E-state index contributed by atoms with van der Waals surface area (Å²) in [5, 5.41) is 19.7. The lowest BCUT2D eigenvalue weighted by atomic mass is 9.88. The first kappa shape index (κ1) is 25.5. The quantitative estimate of drug-likeness (QED) is 0.334. The lowest BCUT2D eigenvalue weighted by Gasteiger charge is -2.32. The summed E-state index contributed by atoms with van der Waals surface area (Å²) in [6, 6.07) is 8.05. The third-order valence-corrected chi connectivity index (χ3v) is 7.73. The van der Waals surface area contributed by atoms with Crippen LogP contribution in [0.15, 0.2) is 42.7 Å².